The highest BCUT2D eigenvalue weighted by molar-refractivity contribution is 5.05. The van der Waals surface area contributed by atoms with E-state index in [1.807, 2.05) is 6.92 Å². The predicted molar refractivity (Wildman–Crippen MR) is 53.5 cm³/mol. The zero-order valence-electron chi connectivity index (χ0n) is 8.79. The van der Waals surface area contributed by atoms with E-state index < -0.39 is 0 Å². The molecule has 1 aliphatic heterocycles. The molecule has 1 rings (SSSR count). The van der Waals surface area contributed by atoms with Crippen LogP contribution in [0.2, 0.25) is 0 Å². The normalized spacial score (nSPS) is 35.4. The Labute approximate surface area is 80.6 Å². The second kappa shape index (κ2) is 4.77. The minimum atomic E-state index is 0.144. The number of rotatable bonds is 3. The minimum absolute atomic E-state index is 0.144. The molecule has 1 heterocycles. The molecular weight excluding hydrogens is 164 g/mol. The molecule has 1 aliphatic rings. The first kappa shape index (κ1) is 10.7. The van der Waals surface area contributed by atoms with Crippen molar-refractivity contribution in [1.29, 1.82) is 0 Å². The quantitative estimate of drug-likeness (QED) is 0.680. The van der Waals surface area contributed by atoms with Gasteiger partial charge in [-0.05, 0) is 24.3 Å². The van der Waals surface area contributed by atoms with Gasteiger partial charge in [0.05, 0.1) is 19.3 Å². The summed E-state index contributed by atoms with van der Waals surface area (Å²) in [6.07, 6.45) is 3.45. The fourth-order valence-corrected chi connectivity index (χ4v) is 1.97. The zero-order valence-corrected chi connectivity index (χ0v) is 8.79. The van der Waals surface area contributed by atoms with Crippen LogP contribution in [0.5, 0.6) is 0 Å². The van der Waals surface area contributed by atoms with E-state index in [4.69, 9.17) is 9.84 Å². The third kappa shape index (κ3) is 2.55. The molecule has 2 heteroatoms. The standard InChI is InChI=1S/C11H20O2/c1-4-10-9(3)7-13-11(10)5-8(2)6-12/h5,9-12H,4,6-7H2,1-3H3/b8-5+/t9?,10?,11-/m0/s1. The van der Waals surface area contributed by atoms with E-state index in [0.717, 1.165) is 18.6 Å². The number of aliphatic hydroxyl groups excluding tert-OH is 1. The van der Waals surface area contributed by atoms with Crippen LogP contribution in [0.3, 0.4) is 0 Å². The van der Waals surface area contributed by atoms with E-state index in [1.165, 1.54) is 0 Å². The van der Waals surface area contributed by atoms with Crippen molar-refractivity contribution in [2.45, 2.75) is 33.3 Å². The number of hydrogen-bond acceptors (Lipinski definition) is 2. The molecule has 0 spiro atoms. The maximum atomic E-state index is 8.90. The zero-order chi connectivity index (χ0) is 9.84. The Morgan fingerprint density at radius 1 is 1.62 bits per heavy atom. The van der Waals surface area contributed by atoms with E-state index >= 15 is 0 Å². The van der Waals surface area contributed by atoms with E-state index in [-0.39, 0.29) is 12.7 Å². The molecule has 2 unspecified atom stereocenters. The van der Waals surface area contributed by atoms with Gasteiger partial charge >= 0.3 is 0 Å². The molecule has 1 fully saturated rings. The van der Waals surface area contributed by atoms with Gasteiger partial charge in [-0.2, -0.15) is 0 Å². The third-order valence-electron chi connectivity index (χ3n) is 2.87. The molecule has 2 nitrogen and oxygen atoms in total. The Hall–Kier alpha value is -0.340. The summed E-state index contributed by atoms with van der Waals surface area (Å²) in [6, 6.07) is 0. The lowest BCUT2D eigenvalue weighted by atomic mass is 9.89. The van der Waals surface area contributed by atoms with Gasteiger partial charge in [-0.1, -0.05) is 26.3 Å². The van der Waals surface area contributed by atoms with Crippen molar-refractivity contribution in [2.24, 2.45) is 11.8 Å². The summed E-state index contributed by atoms with van der Waals surface area (Å²) in [5.41, 5.74) is 1.01. The van der Waals surface area contributed by atoms with Gasteiger partial charge in [0, 0.05) is 0 Å². The minimum Gasteiger partial charge on any atom is -0.392 e. The summed E-state index contributed by atoms with van der Waals surface area (Å²) in [5, 5.41) is 8.90. The second-order valence-electron chi connectivity index (χ2n) is 4.02. The molecule has 1 saturated heterocycles. The highest BCUT2D eigenvalue weighted by atomic mass is 16.5. The second-order valence-corrected chi connectivity index (χ2v) is 4.02. The average Bonchev–Trinajstić information content (AvgIpc) is 2.46. The van der Waals surface area contributed by atoms with Crippen LogP contribution in [0, 0.1) is 11.8 Å². The molecule has 0 radical (unpaired) electrons. The molecule has 0 saturated carbocycles. The van der Waals surface area contributed by atoms with E-state index in [1.54, 1.807) is 0 Å². The van der Waals surface area contributed by atoms with Crippen LogP contribution in [0.1, 0.15) is 27.2 Å². The molecule has 0 aromatic carbocycles. The number of hydrogen-bond donors (Lipinski definition) is 1. The van der Waals surface area contributed by atoms with Crippen molar-refractivity contribution in [1.82, 2.24) is 0 Å². The summed E-state index contributed by atoms with van der Waals surface area (Å²) < 4.78 is 5.65. The highest BCUT2D eigenvalue weighted by Gasteiger charge is 2.31. The first-order valence-electron chi connectivity index (χ1n) is 5.08. The lowest BCUT2D eigenvalue weighted by Gasteiger charge is -2.16. The molecule has 0 aromatic heterocycles. The number of aliphatic hydroxyl groups is 1. The molecule has 0 aliphatic carbocycles. The van der Waals surface area contributed by atoms with Crippen LogP contribution in [-0.2, 0) is 4.74 Å². The summed E-state index contributed by atoms with van der Waals surface area (Å²) >= 11 is 0. The fraction of sp³-hybridized carbons (Fsp3) is 0.818. The van der Waals surface area contributed by atoms with Crippen LogP contribution in [0.25, 0.3) is 0 Å². The van der Waals surface area contributed by atoms with Gasteiger partial charge in [0.15, 0.2) is 0 Å². The van der Waals surface area contributed by atoms with Gasteiger partial charge in [-0.25, -0.2) is 0 Å². The Morgan fingerprint density at radius 3 is 2.85 bits per heavy atom. The van der Waals surface area contributed by atoms with Gasteiger partial charge < -0.3 is 9.84 Å². The summed E-state index contributed by atoms with van der Waals surface area (Å²) in [6.45, 7) is 7.38. The average molecular weight is 184 g/mol. The molecular formula is C11H20O2. The predicted octanol–water partition coefficient (Wildman–Crippen LogP) is 1.99. The van der Waals surface area contributed by atoms with Crippen molar-refractivity contribution in [3.05, 3.63) is 11.6 Å². The Balaban J connectivity index is 2.60. The topological polar surface area (TPSA) is 29.5 Å². The van der Waals surface area contributed by atoms with Gasteiger partial charge in [-0.3, -0.25) is 0 Å². The largest absolute Gasteiger partial charge is 0.392 e. The van der Waals surface area contributed by atoms with Gasteiger partial charge in [-0.15, -0.1) is 0 Å². The lowest BCUT2D eigenvalue weighted by Crippen LogP contribution is -2.16. The maximum Gasteiger partial charge on any atom is 0.0790 e. The molecule has 13 heavy (non-hydrogen) atoms. The highest BCUT2D eigenvalue weighted by Crippen LogP contribution is 2.30. The van der Waals surface area contributed by atoms with Crippen LogP contribution in [-0.4, -0.2) is 24.4 Å². The van der Waals surface area contributed by atoms with Gasteiger partial charge in [0.1, 0.15) is 0 Å². The fourth-order valence-electron chi connectivity index (χ4n) is 1.97. The Kier molecular flexibility index (Phi) is 3.94. The van der Waals surface area contributed by atoms with Crippen molar-refractivity contribution < 1.29 is 9.84 Å². The van der Waals surface area contributed by atoms with Crippen LogP contribution in [0.15, 0.2) is 11.6 Å². The van der Waals surface area contributed by atoms with Crippen LogP contribution < -0.4 is 0 Å². The monoisotopic (exact) mass is 184 g/mol. The summed E-state index contributed by atoms with van der Waals surface area (Å²) in [4.78, 5) is 0. The maximum absolute atomic E-state index is 8.90. The molecule has 76 valence electrons. The van der Waals surface area contributed by atoms with Crippen molar-refractivity contribution in [3.8, 4) is 0 Å². The first-order chi connectivity index (χ1) is 6.19. The Bertz CT molecular complexity index is 187. The van der Waals surface area contributed by atoms with Gasteiger partial charge in [0.25, 0.3) is 0 Å². The van der Waals surface area contributed by atoms with E-state index in [0.29, 0.717) is 11.8 Å². The first-order valence-corrected chi connectivity index (χ1v) is 5.08. The SMILES string of the molecule is CCC1C(C)CO[C@H]1/C=C(\C)CO. The summed E-state index contributed by atoms with van der Waals surface area (Å²) in [7, 11) is 0. The molecule has 1 N–H and O–H groups in total. The molecule has 0 amide bonds. The lowest BCUT2D eigenvalue weighted by molar-refractivity contribution is 0.124. The van der Waals surface area contributed by atoms with E-state index in [9.17, 15) is 0 Å². The smallest absolute Gasteiger partial charge is 0.0790 e. The molecule has 0 bridgehead atoms. The Morgan fingerprint density at radius 2 is 2.31 bits per heavy atom. The van der Waals surface area contributed by atoms with Crippen LogP contribution >= 0.6 is 0 Å². The van der Waals surface area contributed by atoms with Crippen molar-refractivity contribution in [2.75, 3.05) is 13.2 Å². The molecule has 3 atom stereocenters. The van der Waals surface area contributed by atoms with Crippen molar-refractivity contribution in [3.63, 3.8) is 0 Å². The van der Waals surface area contributed by atoms with Crippen molar-refractivity contribution >= 4 is 0 Å². The number of ether oxygens (including phenoxy) is 1. The third-order valence-corrected chi connectivity index (χ3v) is 2.87. The van der Waals surface area contributed by atoms with Gasteiger partial charge in [0.2, 0.25) is 0 Å². The van der Waals surface area contributed by atoms with Crippen LogP contribution in [0.4, 0.5) is 0 Å². The van der Waals surface area contributed by atoms with E-state index in [2.05, 4.69) is 19.9 Å². The molecule has 0 aromatic rings. The summed E-state index contributed by atoms with van der Waals surface area (Å²) in [5.74, 6) is 1.28.